The maximum Gasteiger partial charge on any atom is 0.329 e. The Labute approximate surface area is 137 Å². The number of carboxylic acid groups (broad SMARTS) is 1. The summed E-state index contributed by atoms with van der Waals surface area (Å²) in [7, 11) is 0. The minimum absolute atomic E-state index is 0.0581. The fourth-order valence-corrected chi connectivity index (χ4v) is 2.69. The van der Waals surface area contributed by atoms with E-state index in [0.29, 0.717) is 11.4 Å². The number of aliphatic carboxylic acids is 1. The number of carbonyl (C=O) groups excluding carboxylic acids is 2. The number of aromatic nitrogens is 1. The smallest absolute Gasteiger partial charge is 0.329 e. The number of nitrogens with one attached hydrogen (secondary N) is 1. The van der Waals surface area contributed by atoms with Gasteiger partial charge in [-0.3, -0.25) is 9.59 Å². The van der Waals surface area contributed by atoms with Gasteiger partial charge in [0.05, 0.1) is 0 Å². The fraction of sp³-hybridized carbons (Fsp3) is 0.118. The molecule has 2 N–H and O–H groups in total. The molecule has 7 nitrogen and oxygen atoms in total. The van der Waals surface area contributed by atoms with Gasteiger partial charge in [0.15, 0.2) is 0 Å². The van der Waals surface area contributed by atoms with Crippen LogP contribution in [0.5, 0.6) is 0 Å². The second-order valence-corrected chi connectivity index (χ2v) is 5.32. The van der Waals surface area contributed by atoms with Crippen molar-refractivity contribution < 1.29 is 19.5 Å². The van der Waals surface area contributed by atoms with Crippen LogP contribution in [0, 0.1) is 0 Å². The van der Waals surface area contributed by atoms with E-state index in [1.807, 2.05) is 35.0 Å². The quantitative estimate of drug-likeness (QED) is 0.498. The van der Waals surface area contributed by atoms with Crippen molar-refractivity contribution in [2.45, 2.75) is 6.54 Å². The van der Waals surface area contributed by atoms with E-state index in [1.165, 1.54) is 0 Å². The number of urea groups is 1. The summed E-state index contributed by atoms with van der Waals surface area (Å²) in [6.45, 7) is 3.67. The molecule has 2 aromatic rings. The normalized spacial score (nSPS) is 16.0. The average Bonchev–Trinajstić information content (AvgIpc) is 3.01. The lowest BCUT2D eigenvalue weighted by molar-refractivity contribution is -0.140. The number of amides is 3. The van der Waals surface area contributed by atoms with Crippen LogP contribution in [0.2, 0.25) is 0 Å². The van der Waals surface area contributed by atoms with Crippen molar-refractivity contribution in [3.05, 3.63) is 54.4 Å². The van der Waals surface area contributed by atoms with Gasteiger partial charge in [-0.15, -0.1) is 6.58 Å². The Balaban J connectivity index is 2.01. The van der Waals surface area contributed by atoms with Crippen molar-refractivity contribution in [3.63, 3.8) is 0 Å². The van der Waals surface area contributed by atoms with E-state index in [-0.39, 0.29) is 5.70 Å². The first kappa shape index (κ1) is 15.5. The molecule has 3 rings (SSSR count). The van der Waals surface area contributed by atoms with Gasteiger partial charge < -0.3 is 15.0 Å². The molecule has 1 aliphatic rings. The molecule has 1 saturated heterocycles. The van der Waals surface area contributed by atoms with Gasteiger partial charge in [-0.05, 0) is 12.1 Å². The van der Waals surface area contributed by atoms with Crippen molar-refractivity contribution in [2.75, 3.05) is 6.54 Å². The molecule has 0 radical (unpaired) electrons. The molecule has 0 saturated carbocycles. The molecule has 0 bridgehead atoms. The molecule has 1 aromatic carbocycles. The number of carbonyl (C=O) groups is 3. The average molecular weight is 325 g/mol. The number of nitrogens with zero attached hydrogens (tertiary/aromatic N) is 2. The molecule has 1 aromatic heterocycles. The number of hydrogen-bond acceptors (Lipinski definition) is 3. The van der Waals surface area contributed by atoms with Crippen LogP contribution in [-0.2, 0) is 16.1 Å². The number of hydrogen-bond donors (Lipinski definition) is 2. The van der Waals surface area contributed by atoms with Crippen LogP contribution >= 0.6 is 0 Å². The van der Waals surface area contributed by atoms with Crippen LogP contribution in [0.4, 0.5) is 4.79 Å². The Hall–Kier alpha value is -3.35. The lowest BCUT2D eigenvalue weighted by Gasteiger charge is -2.06. The highest BCUT2D eigenvalue weighted by molar-refractivity contribution is 6.15. The summed E-state index contributed by atoms with van der Waals surface area (Å²) in [5.41, 5.74) is 1.79. The Kier molecular flexibility index (Phi) is 3.91. The molecule has 0 spiro atoms. The molecule has 7 heteroatoms. The fourth-order valence-electron chi connectivity index (χ4n) is 2.69. The molecule has 0 aliphatic carbocycles. The van der Waals surface area contributed by atoms with Crippen molar-refractivity contribution >= 4 is 34.9 Å². The topological polar surface area (TPSA) is 91.6 Å². The van der Waals surface area contributed by atoms with Crippen molar-refractivity contribution in [3.8, 4) is 0 Å². The van der Waals surface area contributed by atoms with Crippen LogP contribution in [0.15, 0.2) is 48.8 Å². The number of carboxylic acids is 1. The SMILES string of the molecule is C=CCn1cc(/C=C2/NC(=O)N(CC(=O)O)C2=O)c2ccccc21. The highest BCUT2D eigenvalue weighted by Gasteiger charge is 2.35. The van der Waals surface area contributed by atoms with Gasteiger partial charge in [0.1, 0.15) is 12.2 Å². The molecule has 1 aliphatic heterocycles. The second kappa shape index (κ2) is 6.04. The first-order valence-electron chi connectivity index (χ1n) is 7.26. The number of rotatable bonds is 5. The lowest BCUT2D eigenvalue weighted by Crippen LogP contribution is -2.35. The second-order valence-electron chi connectivity index (χ2n) is 5.32. The first-order chi connectivity index (χ1) is 11.5. The predicted molar refractivity (Wildman–Crippen MR) is 88.0 cm³/mol. The molecule has 2 heterocycles. The highest BCUT2D eigenvalue weighted by Crippen LogP contribution is 2.24. The third-order valence-electron chi connectivity index (χ3n) is 3.70. The molecule has 1 fully saturated rings. The van der Waals surface area contributed by atoms with E-state index in [4.69, 9.17) is 5.11 Å². The van der Waals surface area contributed by atoms with E-state index in [0.717, 1.165) is 16.5 Å². The zero-order valence-electron chi connectivity index (χ0n) is 12.7. The number of benzene rings is 1. The third kappa shape index (κ3) is 2.67. The summed E-state index contributed by atoms with van der Waals surface area (Å²) in [5, 5.41) is 12.1. The third-order valence-corrected chi connectivity index (χ3v) is 3.70. The van der Waals surface area contributed by atoms with Gasteiger partial charge in [-0.2, -0.15) is 0 Å². The Morgan fingerprint density at radius 2 is 2.04 bits per heavy atom. The zero-order chi connectivity index (χ0) is 17.3. The summed E-state index contributed by atoms with van der Waals surface area (Å²) in [6, 6.07) is 6.93. The highest BCUT2D eigenvalue weighted by atomic mass is 16.4. The molecule has 122 valence electrons. The standard InChI is InChI=1S/C17H15N3O4/c1-2-7-19-9-11(12-5-3-4-6-14(12)19)8-13-16(23)20(10-15(21)22)17(24)18-13/h2-6,8-9H,1,7,10H2,(H,18,24)(H,21,22)/b13-8+. The minimum Gasteiger partial charge on any atom is -0.480 e. The monoisotopic (exact) mass is 325 g/mol. The zero-order valence-corrected chi connectivity index (χ0v) is 12.7. The van der Waals surface area contributed by atoms with Crippen molar-refractivity contribution in [2.24, 2.45) is 0 Å². The van der Waals surface area contributed by atoms with Gasteiger partial charge in [-0.1, -0.05) is 24.3 Å². The Morgan fingerprint density at radius 3 is 2.75 bits per heavy atom. The molecule has 0 atom stereocenters. The molecule has 3 amide bonds. The van der Waals surface area contributed by atoms with Crippen molar-refractivity contribution in [1.29, 1.82) is 0 Å². The summed E-state index contributed by atoms with van der Waals surface area (Å²) in [4.78, 5) is 35.4. The van der Waals surface area contributed by atoms with Crippen molar-refractivity contribution in [1.82, 2.24) is 14.8 Å². The van der Waals surface area contributed by atoms with Gasteiger partial charge in [0.25, 0.3) is 5.91 Å². The van der Waals surface area contributed by atoms with Crippen LogP contribution in [-0.4, -0.2) is 39.0 Å². The largest absolute Gasteiger partial charge is 0.480 e. The van der Waals surface area contributed by atoms with Crippen LogP contribution in [0.3, 0.4) is 0 Å². The van der Waals surface area contributed by atoms with E-state index in [2.05, 4.69) is 11.9 Å². The minimum atomic E-state index is -1.25. The summed E-state index contributed by atoms with van der Waals surface area (Å²) in [6.07, 6.45) is 5.18. The molecular formula is C17H15N3O4. The molecular weight excluding hydrogens is 310 g/mol. The number of fused-ring (bicyclic) bond motifs is 1. The maximum absolute atomic E-state index is 12.2. The molecule has 0 unspecified atom stereocenters. The van der Waals surface area contributed by atoms with Crippen LogP contribution < -0.4 is 5.32 Å². The molecule has 24 heavy (non-hydrogen) atoms. The lowest BCUT2D eigenvalue weighted by atomic mass is 10.1. The maximum atomic E-state index is 12.2. The van der Waals surface area contributed by atoms with Gasteiger partial charge in [-0.25, -0.2) is 9.69 Å². The number of allylic oxidation sites excluding steroid dienone is 1. The first-order valence-corrected chi connectivity index (χ1v) is 7.26. The van der Waals surface area contributed by atoms with Gasteiger partial charge in [0.2, 0.25) is 0 Å². The summed E-state index contributed by atoms with van der Waals surface area (Å²) in [5.74, 6) is -1.90. The summed E-state index contributed by atoms with van der Waals surface area (Å²) < 4.78 is 1.98. The predicted octanol–water partition coefficient (Wildman–Crippen LogP) is 1.80. The van der Waals surface area contributed by atoms with E-state index in [9.17, 15) is 14.4 Å². The van der Waals surface area contributed by atoms with E-state index < -0.39 is 24.5 Å². The number of imide groups is 1. The Bertz CT molecular complexity index is 894. The van der Waals surface area contributed by atoms with Crippen LogP contribution in [0.25, 0.3) is 17.0 Å². The number of para-hydroxylation sites is 1. The van der Waals surface area contributed by atoms with E-state index in [1.54, 1.807) is 12.2 Å². The van der Waals surface area contributed by atoms with Gasteiger partial charge >= 0.3 is 12.0 Å². The Morgan fingerprint density at radius 1 is 1.29 bits per heavy atom. The van der Waals surface area contributed by atoms with Crippen LogP contribution in [0.1, 0.15) is 5.56 Å². The summed E-state index contributed by atoms with van der Waals surface area (Å²) >= 11 is 0. The van der Waals surface area contributed by atoms with Gasteiger partial charge in [0, 0.05) is 29.2 Å². The van der Waals surface area contributed by atoms with E-state index >= 15 is 0 Å².